The van der Waals surface area contributed by atoms with Crippen molar-refractivity contribution in [2.45, 2.75) is 51.6 Å². The minimum absolute atomic E-state index is 0.0524. The Kier molecular flexibility index (Phi) is 6.58. The fraction of sp³-hybridized carbons (Fsp3) is 0.550. The van der Waals surface area contributed by atoms with E-state index in [1.165, 1.54) is 0 Å². The Morgan fingerprint density at radius 1 is 1.41 bits per heavy atom. The van der Waals surface area contributed by atoms with E-state index in [0.717, 1.165) is 5.56 Å². The van der Waals surface area contributed by atoms with Crippen LogP contribution in [0.2, 0.25) is 0 Å². The van der Waals surface area contributed by atoms with Crippen LogP contribution in [0, 0.1) is 5.41 Å². The maximum absolute atomic E-state index is 12.5. The Hall–Kier alpha value is -2.81. The number of carboxylic acids is 1. The zero-order valence-electron chi connectivity index (χ0n) is 16.5. The van der Waals surface area contributed by atoms with E-state index in [1.54, 1.807) is 23.4 Å². The number of likely N-dealkylation sites (tertiary alicyclic amines) is 1. The number of aliphatic carboxylic acids is 1. The van der Waals surface area contributed by atoms with Gasteiger partial charge in [0.2, 0.25) is 17.6 Å². The van der Waals surface area contributed by atoms with Crippen molar-refractivity contribution < 1.29 is 24.3 Å². The van der Waals surface area contributed by atoms with Crippen molar-refractivity contribution in [3.8, 4) is 11.4 Å². The molecule has 2 aromatic rings. The highest BCUT2D eigenvalue weighted by molar-refractivity contribution is 5.79. The molecule has 3 rings (SSSR count). The number of aryl methyl sites for hydroxylation is 1. The number of hydrogen-bond donors (Lipinski definition) is 2. The van der Waals surface area contributed by atoms with Gasteiger partial charge in [0.1, 0.15) is 0 Å². The molecule has 1 amide bonds. The predicted molar refractivity (Wildman–Crippen MR) is 103 cm³/mol. The maximum Gasteiger partial charge on any atom is 0.312 e. The van der Waals surface area contributed by atoms with Gasteiger partial charge in [-0.3, -0.25) is 14.6 Å². The number of aliphatic hydroxyl groups is 1. The van der Waals surface area contributed by atoms with Crippen molar-refractivity contribution >= 4 is 11.9 Å². The topological polar surface area (TPSA) is 130 Å². The Bertz CT molecular complexity index is 840. The number of hydrogen-bond acceptors (Lipinski definition) is 7. The molecule has 9 nitrogen and oxygen atoms in total. The quantitative estimate of drug-likeness (QED) is 0.685. The molecule has 2 aromatic heterocycles. The second-order valence-electron chi connectivity index (χ2n) is 7.42. The lowest BCUT2D eigenvalue weighted by molar-refractivity contribution is -0.167. The molecule has 1 fully saturated rings. The first-order chi connectivity index (χ1) is 14.0. The highest BCUT2D eigenvalue weighted by Crippen LogP contribution is 2.37. The molecular weight excluding hydrogens is 376 g/mol. The molecule has 0 saturated carbocycles. The van der Waals surface area contributed by atoms with Crippen molar-refractivity contribution in [1.82, 2.24) is 20.0 Å². The van der Waals surface area contributed by atoms with Crippen LogP contribution in [0.15, 0.2) is 29.0 Å². The Labute approximate surface area is 168 Å². The van der Waals surface area contributed by atoms with E-state index in [9.17, 15) is 19.8 Å². The van der Waals surface area contributed by atoms with Crippen LogP contribution in [0.25, 0.3) is 11.4 Å². The van der Waals surface area contributed by atoms with Gasteiger partial charge in [0, 0.05) is 43.9 Å². The first kappa shape index (κ1) is 20.9. The molecule has 3 heterocycles. The van der Waals surface area contributed by atoms with Crippen LogP contribution in [0.3, 0.4) is 0 Å². The SMILES string of the molecule is CCC[C@]1(C(=O)O)CCN(C(=O)CCCc2nc(-c3cccnc3)no2)C[C@@H]1O. The summed E-state index contributed by atoms with van der Waals surface area (Å²) in [4.78, 5) is 34.1. The molecule has 0 unspecified atom stereocenters. The van der Waals surface area contributed by atoms with Crippen molar-refractivity contribution in [2.75, 3.05) is 13.1 Å². The van der Waals surface area contributed by atoms with E-state index >= 15 is 0 Å². The van der Waals surface area contributed by atoms with Crippen molar-refractivity contribution in [3.63, 3.8) is 0 Å². The van der Waals surface area contributed by atoms with E-state index in [2.05, 4.69) is 15.1 Å². The van der Waals surface area contributed by atoms with Gasteiger partial charge >= 0.3 is 5.97 Å². The third-order valence-corrected chi connectivity index (χ3v) is 5.50. The minimum Gasteiger partial charge on any atom is -0.481 e. The van der Waals surface area contributed by atoms with Gasteiger partial charge in [0.25, 0.3) is 0 Å². The summed E-state index contributed by atoms with van der Waals surface area (Å²) in [5.74, 6) is -0.186. The summed E-state index contributed by atoms with van der Waals surface area (Å²) in [5, 5.41) is 23.9. The molecule has 2 atom stereocenters. The lowest BCUT2D eigenvalue weighted by Crippen LogP contribution is -2.56. The average molecular weight is 402 g/mol. The standard InChI is InChI=1S/C20H26N4O5/c1-2-8-20(19(27)28)9-11-24(13-15(20)25)17(26)7-3-6-16-22-18(23-29-16)14-5-4-10-21-12-14/h4-5,10,12,15,25H,2-3,6-9,11,13H2,1H3,(H,27,28)/t15-,20-/m0/s1. The van der Waals surface area contributed by atoms with Gasteiger partial charge in [-0.05, 0) is 31.4 Å². The van der Waals surface area contributed by atoms with Gasteiger partial charge in [-0.25, -0.2) is 0 Å². The number of carbonyl (C=O) groups is 2. The summed E-state index contributed by atoms with van der Waals surface area (Å²) in [6.07, 6.45) is 4.85. The summed E-state index contributed by atoms with van der Waals surface area (Å²) >= 11 is 0. The van der Waals surface area contributed by atoms with Crippen molar-refractivity contribution in [1.29, 1.82) is 0 Å². The van der Waals surface area contributed by atoms with Gasteiger partial charge in [-0.1, -0.05) is 18.5 Å². The number of piperidine rings is 1. The van der Waals surface area contributed by atoms with Gasteiger partial charge in [-0.15, -0.1) is 0 Å². The first-order valence-corrected chi connectivity index (χ1v) is 9.88. The second kappa shape index (κ2) is 9.13. The molecule has 29 heavy (non-hydrogen) atoms. The van der Waals surface area contributed by atoms with E-state index in [0.29, 0.717) is 43.9 Å². The smallest absolute Gasteiger partial charge is 0.312 e. The molecule has 0 radical (unpaired) electrons. The van der Waals surface area contributed by atoms with Gasteiger partial charge < -0.3 is 19.6 Å². The van der Waals surface area contributed by atoms with Gasteiger partial charge in [-0.2, -0.15) is 4.98 Å². The molecule has 0 aliphatic carbocycles. The summed E-state index contributed by atoms with van der Waals surface area (Å²) in [5.41, 5.74) is -0.396. The molecule has 1 aliphatic rings. The lowest BCUT2D eigenvalue weighted by Gasteiger charge is -2.42. The number of carboxylic acid groups (broad SMARTS) is 1. The average Bonchev–Trinajstić information content (AvgIpc) is 3.19. The van der Waals surface area contributed by atoms with Crippen LogP contribution < -0.4 is 0 Å². The third-order valence-electron chi connectivity index (χ3n) is 5.50. The fourth-order valence-corrected chi connectivity index (χ4v) is 3.81. The van der Waals surface area contributed by atoms with Crippen molar-refractivity contribution in [2.24, 2.45) is 5.41 Å². The monoisotopic (exact) mass is 402 g/mol. The number of amides is 1. The Balaban J connectivity index is 1.49. The molecule has 2 N–H and O–H groups in total. The summed E-state index contributed by atoms with van der Waals surface area (Å²) in [6.45, 7) is 2.29. The number of nitrogens with zero attached hydrogens (tertiary/aromatic N) is 4. The van der Waals surface area contributed by atoms with E-state index in [1.807, 2.05) is 13.0 Å². The largest absolute Gasteiger partial charge is 0.481 e. The number of carbonyl (C=O) groups excluding carboxylic acids is 1. The molecule has 156 valence electrons. The molecular formula is C20H26N4O5. The second-order valence-corrected chi connectivity index (χ2v) is 7.42. The molecule has 0 bridgehead atoms. The summed E-state index contributed by atoms with van der Waals surface area (Å²) in [7, 11) is 0. The van der Waals surface area contributed by atoms with Gasteiger partial charge in [0.05, 0.1) is 11.5 Å². The summed E-state index contributed by atoms with van der Waals surface area (Å²) < 4.78 is 5.22. The fourth-order valence-electron chi connectivity index (χ4n) is 3.81. The third kappa shape index (κ3) is 4.61. The van der Waals surface area contributed by atoms with E-state index < -0.39 is 17.5 Å². The van der Waals surface area contributed by atoms with Gasteiger partial charge in [0.15, 0.2) is 0 Å². The maximum atomic E-state index is 12.5. The van der Waals surface area contributed by atoms with Crippen LogP contribution in [0.5, 0.6) is 0 Å². The minimum atomic E-state index is -1.15. The van der Waals surface area contributed by atoms with E-state index in [-0.39, 0.29) is 25.3 Å². The normalized spacial score (nSPS) is 21.9. The molecule has 1 saturated heterocycles. The number of aromatic nitrogens is 3. The highest BCUT2D eigenvalue weighted by Gasteiger charge is 2.48. The number of aliphatic hydroxyl groups excluding tert-OH is 1. The number of pyridine rings is 1. The van der Waals surface area contributed by atoms with Crippen LogP contribution in [-0.2, 0) is 16.0 Å². The van der Waals surface area contributed by atoms with Crippen molar-refractivity contribution in [3.05, 3.63) is 30.4 Å². The molecule has 0 spiro atoms. The lowest BCUT2D eigenvalue weighted by atomic mass is 9.72. The van der Waals surface area contributed by atoms with Crippen LogP contribution in [0.4, 0.5) is 0 Å². The Morgan fingerprint density at radius 3 is 2.90 bits per heavy atom. The highest BCUT2D eigenvalue weighted by atomic mass is 16.5. The van der Waals surface area contributed by atoms with Crippen LogP contribution in [-0.4, -0.2) is 61.3 Å². The Morgan fingerprint density at radius 2 is 2.24 bits per heavy atom. The van der Waals surface area contributed by atoms with Crippen LogP contribution in [0.1, 0.15) is 44.9 Å². The zero-order valence-corrected chi connectivity index (χ0v) is 16.5. The van der Waals surface area contributed by atoms with Crippen LogP contribution >= 0.6 is 0 Å². The molecule has 9 heteroatoms. The first-order valence-electron chi connectivity index (χ1n) is 9.88. The summed E-state index contributed by atoms with van der Waals surface area (Å²) in [6, 6.07) is 3.62. The predicted octanol–water partition coefficient (Wildman–Crippen LogP) is 1.92. The molecule has 1 aliphatic heterocycles. The number of rotatable bonds is 8. The molecule has 0 aromatic carbocycles. The number of β-amino-alcohol motifs (C(OH)–C–C–N with tert-alkyl or cyclic N) is 1. The van der Waals surface area contributed by atoms with E-state index in [4.69, 9.17) is 4.52 Å². The zero-order chi connectivity index (χ0) is 20.9.